The van der Waals surface area contributed by atoms with E-state index in [0.29, 0.717) is 22.6 Å². The molecule has 1 N–H and O–H groups in total. The fourth-order valence-electron chi connectivity index (χ4n) is 3.58. The number of carbonyl (C=O) groups excluding carboxylic acids is 3. The van der Waals surface area contributed by atoms with Crippen molar-refractivity contribution < 1.29 is 28.6 Å². The van der Waals surface area contributed by atoms with Crippen molar-refractivity contribution in [3.8, 4) is 5.75 Å². The number of ketones is 1. The molecule has 0 spiro atoms. The Kier molecular flexibility index (Phi) is 6.36. The minimum Gasteiger partial charge on any atom is -0.482 e. The van der Waals surface area contributed by atoms with Crippen LogP contribution in [0, 0.1) is 13.8 Å². The summed E-state index contributed by atoms with van der Waals surface area (Å²) >= 11 is 0. The van der Waals surface area contributed by atoms with E-state index >= 15 is 0 Å². The summed E-state index contributed by atoms with van der Waals surface area (Å²) in [5.41, 5.74) is 4.16. The third-order valence-corrected chi connectivity index (χ3v) is 4.99. The maximum atomic E-state index is 12.4. The van der Waals surface area contributed by atoms with Crippen molar-refractivity contribution in [3.05, 3.63) is 51.8 Å². The summed E-state index contributed by atoms with van der Waals surface area (Å²) in [5, 5.41) is 0. The van der Waals surface area contributed by atoms with Crippen LogP contribution >= 0.6 is 0 Å². The molecule has 0 saturated carbocycles. The van der Waals surface area contributed by atoms with Crippen LogP contribution in [0.3, 0.4) is 0 Å². The number of fused-ring (bicyclic) bond motifs is 1. The predicted molar refractivity (Wildman–Crippen MR) is 105 cm³/mol. The fraction of sp³-hybridized carbons (Fsp3) is 0.409. The van der Waals surface area contributed by atoms with E-state index in [-0.39, 0.29) is 18.9 Å². The van der Waals surface area contributed by atoms with Gasteiger partial charge in [-0.2, -0.15) is 0 Å². The monoisotopic (exact) mass is 399 g/mol. The van der Waals surface area contributed by atoms with Gasteiger partial charge in [0.25, 0.3) is 0 Å². The van der Waals surface area contributed by atoms with Gasteiger partial charge in [0.1, 0.15) is 5.75 Å². The van der Waals surface area contributed by atoms with Crippen molar-refractivity contribution in [1.82, 2.24) is 4.98 Å². The molecule has 3 rings (SSSR count). The summed E-state index contributed by atoms with van der Waals surface area (Å²) in [6, 6.07) is 5.80. The van der Waals surface area contributed by atoms with Gasteiger partial charge in [0, 0.05) is 5.69 Å². The molecule has 0 aliphatic heterocycles. The lowest BCUT2D eigenvalue weighted by atomic mass is 10.1. The second-order valence-corrected chi connectivity index (χ2v) is 7.00. The lowest BCUT2D eigenvalue weighted by Gasteiger charge is -2.08. The Balaban J connectivity index is 1.53. The topological polar surface area (TPSA) is 94.7 Å². The molecule has 1 aliphatic carbocycles. The number of esters is 2. The highest BCUT2D eigenvalue weighted by atomic mass is 16.6. The maximum absolute atomic E-state index is 12.4. The van der Waals surface area contributed by atoms with E-state index in [9.17, 15) is 14.4 Å². The van der Waals surface area contributed by atoms with Gasteiger partial charge in [-0.15, -0.1) is 0 Å². The van der Waals surface area contributed by atoms with Crippen molar-refractivity contribution in [1.29, 1.82) is 0 Å². The molecule has 0 radical (unpaired) electrons. The molecule has 0 saturated heterocycles. The van der Waals surface area contributed by atoms with Gasteiger partial charge in [0.05, 0.1) is 17.9 Å². The number of aromatic amines is 1. The third-order valence-electron chi connectivity index (χ3n) is 4.99. The van der Waals surface area contributed by atoms with Crippen LogP contribution in [-0.4, -0.2) is 42.5 Å². The van der Waals surface area contributed by atoms with Gasteiger partial charge in [-0.1, -0.05) is 6.07 Å². The number of benzene rings is 1. The molecule has 0 amide bonds. The van der Waals surface area contributed by atoms with E-state index in [1.165, 1.54) is 11.1 Å². The molecule has 1 heterocycles. The Bertz CT molecular complexity index is 943. The molecule has 0 atom stereocenters. The lowest BCUT2D eigenvalue weighted by Crippen LogP contribution is -2.20. The molecule has 1 aliphatic rings. The van der Waals surface area contributed by atoms with Crippen LogP contribution in [0.4, 0.5) is 0 Å². The molecule has 1 aromatic heterocycles. The Hall–Kier alpha value is -3.09. The number of aryl methyl sites for hydroxylation is 3. The normalized spacial score (nSPS) is 12.4. The summed E-state index contributed by atoms with van der Waals surface area (Å²) in [6.07, 6.45) is 3.24. The Morgan fingerprint density at radius 3 is 2.55 bits per heavy atom. The van der Waals surface area contributed by atoms with Gasteiger partial charge in [-0.25, -0.2) is 9.59 Å². The SMILES string of the molecule is CCOC(=O)c1c(C)[nH]c(C(=O)COC(=O)COc2ccc3c(c2)CCC3)c1C. The Morgan fingerprint density at radius 1 is 1.03 bits per heavy atom. The standard InChI is InChI=1S/C22H25NO6/c1-4-27-22(26)20-13(2)21(23-14(20)3)18(24)11-29-19(25)12-28-17-9-8-15-6-5-7-16(15)10-17/h8-10,23H,4-7,11-12H2,1-3H3. The van der Waals surface area contributed by atoms with E-state index in [1.807, 2.05) is 18.2 Å². The highest BCUT2D eigenvalue weighted by molar-refractivity contribution is 6.02. The summed E-state index contributed by atoms with van der Waals surface area (Å²) < 4.78 is 15.5. The van der Waals surface area contributed by atoms with E-state index in [2.05, 4.69) is 4.98 Å². The zero-order valence-electron chi connectivity index (χ0n) is 16.9. The van der Waals surface area contributed by atoms with Crippen LogP contribution in [0.5, 0.6) is 5.75 Å². The molecule has 154 valence electrons. The van der Waals surface area contributed by atoms with E-state index in [4.69, 9.17) is 14.2 Å². The zero-order chi connectivity index (χ0) is 21.0. The smallest absolute Gasteiger partial charge is 0.344 e. The number of carbonyl (C=O) groups is 3. The molecule has 29 heavy (non-hydrogen) atoms. The van der Waals surface area contributed by atoms with Gasteiger partial charge >= 0.3 is 11.9 Å². The Morgan fingerprint density at radius 2 is 1.79 bits per heavy atom. The van der Waals surface area contributed by atoms with Gasteiger partial charge in [0.2, 0.25) is 5.78 Å². The summed E-state index contributed by atoms with van der Waals surface area (Å²) in [7, 11) is 0. The van der Waals surface area contributed by atoms with Crippen LogP contribution in [-0.2, 0) is 27.1 Å². The quantitative estimate of drug-likeness (QED) is 0.541. The lowest BCUT2D eigenvalue weighted by molar-refractivity contribution is -0.144. The molecule has 1 aromatic carbocycles. The first-order chi connectivity index (χ1) is 13.9. The number of hydrogen-bond donors (Lipinski definition) is 1. The fourth-order valence-corrected chi connectivity index (χ4v) is 3.58. The van der Waals surface area contributed by atoms with Crippen LogP contribution in [0.2, 0.25) is 0 Å². The molecule has 7 heteroatoms. The Labute approximate surface area is 169 Å². The first-order valence-corrected chi connectivity index (χ1v) is 9.70. The summed E-state index contributed by atoms with van der Waals surface area (Å²) in [4.78, 5) is 39.3. The van der Waals surface area contributed by atoms with Crippen molar-refractivity contribution in [2.75, 3.05) is 19.8 Å². The predicted octanol–water partition coefficient (Wildman–Crippen LogP) is 3.10. The molecular weight excluding hydrogens is 374 g/mol. The first-order valence-electron chi connectivity index (χ1n) is 9.70. The minimum absolute atomic E-state index is 0.234. The largest absolute Gasteiger partial charge is 0.482 e. The van der Waals surface area contributed by atoms with Crippen molar-refractivity contribution in [2.24, 2.45) is 0 Å². The molecule has 0 unspecified atom stereocenters. The molecule has 2 aromatic rings. The van der Waals surface area contributed by atoms with Crippen LogP contribution in [0.25, 0.3) is 0 Å². The van der Waals surface area contributed by atoms with Crippen LogP contribution in [0.15, 0.2) is 18.2 Å². The zero-order valence-corrected chi connectivity index (χ0v) is 16.9. The number of H-pyrrole nitrogens is 1. The average molecular weight is 399 g/mol. The van der Waals surface area contributed by atoms with Crippen LogP contribution in [0.1, 0.15) is 56.6 Å². The van der Waals surface area contributed by atoms with Gasteiger partial charge in [-0.3, -0.25) is 4.79 Å². The highest BCUT2D eigenvalue weighted by Crippen LogP contribution is 2.26. The van der Waals surface area contributed by atoms with E-state index in [0.717, 1.165) is 19.3 Å². The summed E-state index contributed by atoms with van der Waals surface area (Å²) in [5.74, 6) is -0.932. The van der Waals surface area contributed by atoms with E-state index in [1.54, 1.807) is 20.8 Å². The first kappa shape index (κ1) is 20.6. The van der Waals surface area contributed by atoms with Crippen molar-refractivity contribution in [2.45, 2.75) is 40.0 Å². The van der Waals surface area contributed by atoms with Crippen LogP contribution < -0.4 is 4.74 Å². The average Bonchev–Trinajstić information content (AvgIpc) is 3.28. The number of Topliss-reactive ketones (excluding diaryl/α,β-unsaturated/α-hetero) is 1. The number of ether oxygens (including phenoxy) is 3. The summed E-state index contributed by atoms with van der Waals surface area (Å²) in [6.45, 7) is 4.59. The molecule has 0 bridgehead atoms. The van der Waals surface area contributed by atoms with E-state index < -0.39 is 24.3 Å². The van der Waals surface area contributed by atoms with Gasteiger partial charge in [0.15, 0.2) is 13.2 Å². The highest BCUT2D eigenvalue weighted by Gasteiger charge is 2.23. The van der Waals surface area contributed by atoms with Crippen molar-refractivity contribution in [3.63, 3.8) is 0 Å². The number of aromatic nitrogens is 1. The van der Waals surface area contributed by atoms with Gasteiger partial charge in [-0.05, 0) is 68.9 Å². The molecule has 7 nitrogen and oxygen atoms in total. The van der Waals surface area contributed by atoms with Gasteiger partial charge < -0.3 is 19.2 Å². The number of rotatable bonds is 8. The second kappa shape index (κ2) is 8.94. The third kappa shape index (κ3) is 4.67. The number of hydrogen-bond acceptors (Lipinski definition) is 6. The molecular formula is C22H25NO6. The second-order valence-electron chi connectivity index (χ2n) is 7.00. The number of nitrogens with one attached hydrogen (secondary N) is 1. The minimum atomic E-state index is -0.634. The maximum Gasteiger partial charge on any atom is 0.344 e. The molecule has 0 fully saturated rings. The van der Waals surface area contributed by atoms with Crippen molar-refractivity contribution >= 4 is 17.7 Å².